The van der Waals surface area contributed by atoms with Crippen LogP contribution >= 0.6 is 11.6 Å². The molecule has 0 unspecified atom stereocenters. The third-order valence-corrected chi connectivity index (χ3v) is 7.15. The molecule has 4 rings (SSSR count). The summed E-state index contributed by atoms with van der Waals surface area (Å²) in [5.74, 6) is -0.183. The van der Waals surface area contributed by atoms with E-state index in [2.05, 4.69) is 15.5 Å². The fourth-order valence-corrected chi connectivity index (χ4v) is 4.96. The Morgan fingerprint density at radius 3 is 2.23 bits per heavy atom. The van der Waals surface area contributed by atoms with E-state index in [9.17, 15) is 13.2 Å². The normalized spacial score (nSPS) is 16.4. The summed E-state index contributed by atoms with van der Waals surface area (Å²) in [6.45, 7) is 0.954. The molecule has 30 heavy (non-hydrogen) atoms. The molecule has 3 aromatic rings. The van der Waals surface area contributed by atoms with E-state index < -0.39 is 16.1 Å². The van der Waals surface area contributed by atoms with E-state index in [1.165, 1.54) is 27.4 Å². The van der Waals surface area contributed by atoms with Crippen LogP contribution in [-0.4, -0.2) is 69.9 Å². The Kier molecular flexibility index (Phi) is 5.80. The van der Waals surface area contributed by atoms with Gasteiger partial charge in [-0.3, -0.25) is 4.79 Å². The minimum atomic E-state index is -3.64. The van der Waals surface area contributed by atoms with E-state index in [0.717, 1.165) is 5.56 Å². The number of sulfonamides is 1. The van der Waals surface area contributed by atoms with Crippen molar-refractivity contribution in [3.8, 4) is 0 Å². The van der Waals surface area contributed by atoms with Crippen LogP contribution in [0.1, 0.15) is 11.6 Å². The molecule has 2 aromatic carbocycles. The molecule has 1 aliphatic heterocycles. The molecule has 1 aromatic heterocycles. The average Bonchev–Trinajstić information content (AvgIpc) is 3.29. The van der Waals surface area contributed by atoms with Gasteiger partial charge in [0.25, 0.3) is 5.91 Å². The molecule has 9 nitrogen and oxygen atoms in total. The van der Waals surface area contributed by atoms with Crippen LogP contribution in [0.4, 0.5) is 0 Å². The van der Waals surface area contributed by atoms with Gasteiger partial charge in [-0.25, -0.2) is 13.1 Å². The van der Waals surface area contributed by atoms with E-state index >= 15 is 0 Å². The van der Waals surface area contributed by atoms with Crippen LogP contribution in [0.25, 0.3) is 0 Å². The molecular formula is C19H19ClN6O3S. The first-order chi connectivity index (χ1) is 14.5. The van der Waals surface area contributed by atoms with Crippen LogP contribution in [-0.2, 0) is 14.8 Å². The molecule has 0 aliphatic carbocycles. The maximum atomic E-state index is 13.3. The zero-order chi connectivity index (χ0) is 21.1. The predicted molar refractivity (Wildman–Crippen MR) is 109 cm³/mol. The summed E-state index contributed by atoms with van der Waals surface area (Å²) < 4.78 is 28.5. The number of carbonyl (C=O) groups is 1. The topological polar surface area (TPSA) is 101 Å². The molecule has 11 heteroatoms. The highest BCUT2D eigenvalue weighted by Crippen LogP contribution is 2.23. The molecule has 1 fully saturated rings. The van der Waals surface area contributed by atoms with Gasteiger partial charge in [0.15, 0.2) is 6.04 Å². The summed E-state index contributed by atoms with van der Waals surface area (Å²) >= 11 is 5.86. The lowest BCUT2D eigenvalue weighted by molar-refractivity contribution is -0.135. The standard InChI is InChI=1S/C19H19ClN6O3S/c20-16-6-8-17(9-7-16)30(28,29)25-12-10-24(11-13-25)19(27)18(26-14-21-22-23-26)15-4-2-1-3-5-15/h1-9,14,18H,10-13H2/t18-/m0/s1. The largest absolute Gasteiger partial charge is 0.338 e. The first-order valence-corrected chi connectivity index (χ1v) is 11.1. The second-order valence-electron chi connectivity index (χ2n) is 6.79. The second-order valence-corrected chi connectivity index (χ2v) is 9.16. The molecule has 0 saturated carbocycles. The SMILES string of the molecule is O=C([C@H](c1ccccc1)n1cnnn1)N1CCN(S(=O)(=O)c2ccc(Cl)cc2)CC1. The number of rotatable bonds is 5. The number of nitrogens with zero attached hydrogens (tertiary/aromatic N) is 6. The molecule has 0 bridgehead atoms. The zero-order valence-electron chi connectivity index (χ0n) is 15.9. The van der Waals surface area contributed by atoms with Gasteiger partial charge in [-0.2, -0.15) is 4.31 Å². The lowest BCUT2D eigenvalue weighted by Gasteiger charge is -2.35. The molecule has 1 aliphatic rings. The van der Waals surface area contributed by atoms with Gasteiger partial charge >= 0.3 is 0 Å². The fraction of sp³-hybridized carbons (Fsp3) is 0.263. The molecule has 1 atom stereocenters. The zero-order valence-corrected chi connectivity index (χ0v) is 17.4. The van der Waals surface area contributed by atoms with Gasteiger partial charge in [0.1, 0.15) is 6.33 Å². The van der Waals surface area contributed by atoms with Crippen molar-refractivity contribution in [1.29, 1.82) is 0 Å². The van der Waals surface area contributed by atoms with Crippen molar-refractivity contribution in [2.75, 3.05) is 26.2 Å². The summed E-state index contributed by atoms with van der Waals surface area (Å²) in [5, 5.41) is 11.7. The summed E-state index contributed by atoms with van der Waals surface area (Å²) in [7, 11) is -3.64. The average molecular weight is 447 g/mol. The molecule has 156 valence electrons. The first-order valence-electron chi connectivity index (χ1n) is 9.29. The summed E-state index contributed by atoms with van der Waals surface area (Å²) in [6.07, 6.45) is 1.40. The number of tetrazole rings is 1. The molecule has 1 amide bonds. The number of benzene rings is 2. The second kappa shape index (κ2) is 8.50. The minimum absolute atomic E-state index is 0.183. The van der Waals surface area contributed by atoms with Crippen LogP contribution in [0, 0.1) is 0 Å². The molecule has 0 radical (unpaired) electrons. The number of halogens is 1. The van der Waals surface area contributed by atoms with Gasteiger partial charge in [-0.15, -0.1) is 5.10 Å². The lowest BCUT2D eigenvalue weighted by Crippen LogP contribution is -2.52. The Labute approximate surface area is 178 Å². The van der Waals surface area contributed by atoms with Crippen LogP contribution < -0.4 is 0 Å². The minimum Gasteiger partial charge on any atom is -0.338 e. The van der Waals surface area contributed by atoms with E-state index in [-0.39, 0.29) is 37.0 Å². The van der Waals surface area contributed by atoms with Crippen molar-refractivity contribution >= 4 is 27.5 Å². The van der Waals surface area contributed by atoms with Gasteiger partial charge < -0.3 is 4.90 Å². The van der Waals surface area contributed by atoms with Crippen molar-refractivity contribution in [3.05, 3.63) is 71.5 Å². The van der Waals surface area contributed by atoms with Crippen molar-refractivity contribution in [2.24, 2.45) is 0 Å². The number of hydrogen-bond donors (Lipinski definition) is 0. The number of amides is 1. The maximum absolute atomic E-state index is 13.3. The summed E-state index contributed by atoms with van der Waals surface area (Å²) in [6, 6.07) is 14.6. The van der Waals surface area contributed by atoms with Gasteiger partial charge in [0, 0.05) is 31.2 Å². The fourth-order valence-electron chi connectivity index (χ4n) is 3.41. The lowest BCUT2D eigenvalue weighted by atomic mass is 10.1. The van der Waals surface area contributed by atoms with Crippen LogP contribution in [0.5, 0.6) is 0 Å². The molecular weight excluding hydrogens is 428 g/mol. The van der Waals surface area contributed by atoms with E-state index in [1.54, 1.807) is 17.0 Å². The van der Waals surface area contributed by atoms with Gasteiger partial charge in [0.2, 0.25) is 10.0 Å². The summed E-state index contributed by atoms with van der Waals surface area (Å²) in [5.41, 5.74) is 0.756. The van der Waals surface area contributed by atoms with Gasteiger partial charge in [-0.1, -0.05) is 41.9 Å². The Morgan fingerprint density at radius 2 is 1.63 bits per heavy atom. The molecule has 0 N–H and O–H groups in total. The van der Waals surface area contributed by atoms with Crippen molar-refractivity contribution in [2.45, 2.75) is 10.9 Å². The van der Waals surface area contributed by atoms with Crippen molar-refractivity contribution < 1.29 is 13.2 Å². The highest BCUT2D eigenvalue weighted by Gasteiger charge is 2.34. The monoisotopic (exact) mass is 446 g/mol. The third kappa shape index (κ3) is 4.07. The Hall–Kier alpha value is -2.82. The number of aromatic nitrogens is 4. The van der Waals surface area contributed by atoms with Crippen LogP contribution in [0.3, 0.4) is 0 Å². The first kappa shape index (κ1) is 20.5. The summed E-state index contributed by atoms with van der Waals surface area (Å²) in [4.78, 5) is 15.1. The third-order valence-electron chi connectivity index (χ3n) is 4.98. The van der Waals surface area contributed by atoms with Crippen molar-refractivity contribution in [3.63, 3.8) is 0 Å². The Balaban J connectivity index is 1.50. The predicted octanol–water partition coefficient (Wildman–Crippen LogP) is 1.45. The maximum Gasteiger partial charge on any atom is 0.252 e. The van der Waals surface area contributed by atoms with Crippen LogP contribution in [0.15, 0.2) is 65.8 Å². The highest BCUT2D eigenvalue weighted by molar-refractivity contribution is 7.89. The smallest absolute Gasteiger partial charge is 0.252 e. The highest BCUT2D eigenvalue weighted by atomic mass is 35.5. The van der Waals surface area contributed by atoms with Crippen LogP contribution in [0.2, 0.25) is 5.02 Å². The van der Waals surface area contributed by atoms with E-state index in [4.69, 9.17) is 11.6 Å². The van der Waals surface area contributed by atoms with Crippen molar-refractivity contribution in [1.82, 2.24) is 29.4 Å². The Morgan fingerprint density at radius 1 is 0.967 bits per heavy atom. The molecule has 2 heterocycles. The number of hydrogen-bond acceptors (Lipinski definition) is 6. The Bertz CT molecular complexity index is 1100. The molecule has 0 spiro atoms. The van der Waals surface area contributed by atoms with E-state index in [0.29, 0.717) is 5.02 Å². The van der Waals surface area contributed by atoms with E-state index in [1.807, 2.05) is 30.3 Å². The number of piperazine rings is 1. The molecule has 1 saturated heterocycles. The van der Waals surface area contributed by atoms with Gasteiger partial charge in [0.05, 0.1) is 4.90 Å². The number of carbonyl (C=O) groups excluding carboxylic acids is 1. The van der Waals surface area contributed by atoms with Gasteiger partial charge in [-0.05, 0) is 40.3 Å². The quantitative estimate of drug-likeness (QED) is 0.588.